The van der Waals surface area contributed by atoms with Crippen LogP contribution in [0.5, 0.6) is 0 Å². The highest BCUT2D eigenvalue weighted by Gasteiger charge is 2.11. The van der Waals surface area contributed by atoms with Crippen LogP contribution in [0.3, 0.4) is 0 Å². The van der Waals surface area contributed by atoms with E-state index in [0.29, 0.717) is 25.3 Å². The molecule has 156 valence electrons. The summed E-state index contributed by atoms with van der Waals surface area (Å²) in [5, 5.41) is 17.5. The molecule has 3 rings (SSSR count). The fourth-order valence-electron chi connectivity index (χ4n) is 3.12. The van der Waals surface area contributed by atoms with Crippen LogP contribution < -0.4 is 21.9 Å². The van der Waals surface area contributed by atoms with E-state index in [-0.39, 0.29) is 11.2 Å². The van der Waals surface area contributed by atoms with Crippen molar-refractivity contribution >= 4 is 17.2 Å². The molecule has 3 aromatic rings. The van der Waals surface area contributed by atoms with Crippen LogP contribution in [0.4, 0.5) is 17.2 Å². The predicted molar refractivity (Wildman–Crippen MR) is 116 cm³/mol. The molecule has 1 aromatic heterocycles. The van der Waals surface area contributed by atoms with Gasteiger partial charge in [-0.15, -0.1) is 0 Å². The number of nitro groups is 1. The lowest BCUT2D eigenvalue weighted by Gasteiger charge is -2.15. The lowest BCUT2D eigenvalue weighted by Crippen LogP contribution is -2.37. The zero-order valence-corrected chi connectivity index (χ0v) is 16.8. The molecule has 0 fully saturated rings. The first-order chi connectivity index (χ1) is 14.4. The third-order valence-electron chi connectivity index (χ3n) is 4.81. The molecule has 9 heteroatoms. The van der Waals surface area contributed by atoms with Crippen molar-refractivity contribution in [3.05, 3.63) is 96.7 Å². The second kappa shape index (κ2) is 9.08. The maximum absolute atomic E-state index is 12.0. The molecule has 0 amide bonds. The van der Waals surface area contributed by atoms with Crippen LogP contribution >= 0.6 is 0 Å². The number of nitrogens with one attached hydrogen (secondary N) is 2. The third-order valence-corrected chi connectivity index (χ3v) is 4.81. The van der Waals surface area contributed by atoms with Crippen LogP contribution in [0.2, 0.25) is 0 Å². The maximum atomic E-state index is 12.0. The Morgan fingerprint density at radius 1 is 0.933 bits per heavy atom. The molecular formula is C21H23N5O4. The van der Waals surface area contributed by atoms with E-state index in [2.05, 4.69) is 10.6 Å². The minimum atomic E-state index is -0.406. The molecule has 2 N–H and O–H groups in total. The zero-order chi connectivity index (χ0) is 21.7. The topological polar surface area (TPSA) is 111 Å². The van der Waals surface area contributed by atoms with Gasteiger partial charge in [0.1, 0.15) is 5.82 Å². The van der Waals surface area contributed by atoms with Gasteiger partial charge in [-0.05, 0) is 23.6 Å². The molecule has 1 heterocycles. The number of hydrogen-bond donors (Lipinski definition) is 2. The molecule has 0 spiro atoms. The van der Waals surface area contributed by atoms with Gasteiger partial charge in [0, 0.05) is 51.1 Å². The summed E-state index contributed by atoms with van der Waals surface area (Å²) in [6.07, 6.45) is 0.557. The minimum Gasteiger partial charge on any atom is -0.383 e. The third kappa shape index (κ3) is 4.75. The van der Waals surface area contributed by atoms with Crippen molar-refractivity contribution in [3.63, 3.8) is 0 Å². The average Bonchev–Trinajstić information content (AvgIpc) is 2.74. The first-order valence-corrected chi connectivity index (χ1v) is 9.43. The van der Waals surface area contributed by atoms with Crippen LogP contribution in [0, 0.1) is 10.1 Å². The molecule has 0 bridgehead atoms. The van der Waals surface area contributed by atoms with Gasteiger partial charge in [-0.3, -0.25) is 24.0 Å². The van der Waals surface area contributed by atoms with E-state index in [1.54, 1.807) is 19.2 Å². The van der Waals surface area contributed by atoms with Gasteiger partial charge >= 0.3 is 5.69 Å². The average molecular weight is 409 g/mol. The summed E-state index contributed by atoms with van der Waals surface area (Å²) in [6.45, 7) is 0.936. The quantitative estimate of drug-likeness (QED) is 0.335. The molecule has 0 saturated heterocycles. The molecular weight excluding hydrogens is 386 g/mol. The normalized spacial score (nSPS) is 10.6. The summed E-state index contributed by atoms with van der Waals surface area (Å²) in [5.74, 6) is 0.429. The van der Waals surface area contributed by atoms with Crippen molar-refractivity contribution in [1.82, 2.24) is 9.13 Å². The number of benzene rings is 2. The number of nitro benzene ring substituents is 1. The van der Waals surface area contributed by atoms with Crippen LogP contribution in [0.15, 0.2) is 64.2 Å². The largest absolute Gasteiger partial charge is 0.383 e. The summed E-state index contributed by atoms with van der Waals surface area (Å²) in [7, 11) is 3.02. The Bertz CT molecular complexity index is 1170. The Labute approximate surface area is 172 Å². The Balaban J connectivity index is 1.71. The Morgan fingerprint density at radius 3 is 2.33 bits per heavy atom. The monoisotopic (exact) mass is 409 g/mol. The van der Waals surface area contributed by atoms with Crippen LogP contribution in [0.1, 0.15) is 11.1 Å². The molecule has 30 heavy (non-hydrogen) atoms. The van der Waals surface area contributed by atoms with E-state index < -0.39 is 10.6 Å². The van der Waals surface area contributed by atoms with Crippen molar-refractivity contribution in [3.8, 4) is 0 Å². The highest BCUT2D eigenvalue weighted by molar-refractivity contribution is 5.57. The molecule has 0 saturated carbocycles. The lowest BCUT2D eigenvalue weighted by atomic mass is 10.0. The smallest absolute Gasteiger partial charge is 0.332 e. The Kier molecular flexibility index (Phi) is 6.31. The molecule has 0 radical (unpaired) electrons. The molecule has 0 aliphatic heterocycles. The highest BCUT2D eigenvalue weighted by Crippen LogP contribution is 2.24. The van der Waals surface area contributed by atoms with Crippen molar-refractivity contribution in [1.29, 1.82) is 0 Å². The van der Waals surface area contributed by atoms with Gasteiger partial charge in [0.15, 0.2) is 0 Å². The summed E-state index contributed by atoms with van der Waals surface area (Å²) in [6, 6.07) is 15.8. The van der Waals surface area contributed by atoms with Gasteiger partial charge in [-0.25, -0.2) is 4.79 Å². The number of non-ortho nitro benzene ring substituents is 1. The number of aromatic nitrogens is 2. The van der Waals surface area contributed by atoms with Crippen LogP contribution in [0.25, 0.3) is 0 Å². The van der Waals surface area contributed by atoms with Gasteiger partial charge in [0.25, 0.3) is 11.2 Å². The van der Waals surface area contributed by atoms with Crippen LogP contribution in [-0.2, 0) is 20.5 Å². The van der Waals surface area contributed by atoms with Crippen LogP contribution in [-0.4, -0.2) is 27.1 Å². The lowest BCUT2D eigenvalue weighted by molar-refractivity contribution is -0.384. The summed E-state index contributed by atoms with van der Waals surface area (Å²) >= 11 is 0. The second-order valence-electron chi connectivity index (χ2n) is 6.88. The first-order valence-electron chi connectivity index (χ1n) is 9.43. The van der Waals surface area contributed by atoms with Crippen molar-refractivity contribution in [2.45, 2.75) is 6.42 Å². The summed E-state index contributed by atoms with van der Waals surface area (Å²) < 4.78 is 2.41. The highest BCUT2D eigenvalue weighted by atomic mass is 16.6. The number of hydrogen-bond acceptors (Lipinski definition) is 6. The van der Waals surface area contributed by atoms with Gasteiger partial charge in [0.05, 0.1) is 4.92 Å². The number of rotatable bonds is 8. The first kappa shape index (κ1) is 20.8. The van der Waals surface area contributed by atoms with Gasteiger partial charge < -0.3 is 10.6 Å². The summed E-state index contributed by atoms with van der Waals surface area (Å²) in [4.78, 5) is 34.6. The Hall–Kier alpha value is -3.88. The molecule has 0 atom stereocenters. The van der Waals surface area contributed by atoms with Crippen molar-refractivity contribution in [2.24, 2.45) is 14.1 Å². The molecule has 0 aliphatic carbocycles. The van der Waals surface area contributed by atoms with E-state index in [1.165, 1.54) is 23.7 Å². The van der Waals surface area contributed by atoms with Gasteiger partial charge in [-0.2, -0.15) is 0 Å². The Morgan fingerprint density at radius 2 is 1.63 bits per heavy atom. The zero-order valence-electron chi connectivity index (χ0n) is 16.8. The van der Waals surface area contributed by atoms with E-state index >= 15 is 0 Å². The fraction of sp³-hybridized carbons (Fsp3) is 0.238. The maximum Gasteiger partial charge on any atom is 0.332 e. The summed E-state index contributed by atoms with van der Waals surface area (Å²) in [5.41, 5.74) is 1.92. The fourth-order valence-corrected chi connectivity index (χ4v) is 3.12. The van der Waals surface area contributed by atoms with E-state index in [0.717, 1.165) is 21.4 Å². The van der Waals surface area contributed by atoms with Gasteiger partial charge in [0.2, 0.25) is 0 Å². The predicted octanol–water partition coefficient (Wildman–Crippen LogP) is 2.11. The standard InChI is InChI=1S/C21H23N5O4/c1-24-19(14-20(27)25(2)21(24)28)23-11-10-22-18-9-8-17(26(29)30)13-16(18)12-15-6-4-3-5-7-15/h3-9,13-14,22-23H,10-12H2,1-2H3. The molecule has 0 unspecified atom stereocenters. The van der Waals surface area contributed by atoms with Crippen molar-refractivity contribution in [2.75, 3.05) is 23.7 Å². The molecule has 2 aromatic carbocycles. The number of anilines is 2. The van der Waals surface area contributed by atoms with E-state index in [4.69, 9.17) is 0 Å². The molecule has 0 aliphatic rings. The van der Waals surface area contributed by atoms with E-state index in [9.17, 15) is 19.7 Å². The van der Waals surface area contributed by atoms with Crippen molar-refractivity contribution < 1.29 is 4.92 Å². The minimum absolute atomic E-state index is 0.0414. The van der Waals surface area contributed by atoms with E-state index in [1.807, 2.05) is 30.3 Å². The number of nitrogens with zero attached hydrogens (tertiary/aromatic N) is 3. The second-order valence-corrected chi connectivity index (χ2v) is 6.88. The molecule has 9 nitrogen and oxygen atoms in total. The SMILES string of the molecule is Cn1c(NCCNc2ccc([N+](=O)[O-])cc2Cc2ccccc2)cc(=O)n(C)c1=O. The van der Waals surface area contributed by atoms with Gasteiger partial charge in [-0.1, -0.05) is 30.3 Å².